The van der Waals surface area contributed by atoms with Crippen LogP contribution in [0.15, 0.2) is 35.4 Å². The molecule has 8 nitrogen and oxygen atoms in total. The number of carboxylic acids is 1. The van der Waals surface area contributed by atoms with Crippen molar-refractivity contribution >= 4 is 39.1 Å². The second kappa shape index (κ2) is 9.80. The van der Waals surface area contributed by atoms with Crippen molar-refractivity contribution in [2.24, 2.45) is 0 Å². The minimum absolute atomic E-state index is 0.0740. The molecule has 0 aliphatic carbocycles. The van der Waals surface area contributed by atoms with Crippen molar-refractivity contribution in [2.45, 2.75) is 31.6 Å². The van der Waals surface area contributed by atoms with Gasteiger partial charge >= 0.3 is 5.97 Å². The molecule has 0 saturated carbocycles. The molecule has 2 N–H and O–H groups in total. The Kier molecular flexibility index (Phi) is 7.69. The number of ether oxygens (including phenoxy) is 1. The molecule has 0 fully saturated rings. The van der Waals surface area contributed by atoms with E-state index < -0.39 is 16.0 Å². The first-order chi connectivity index (χ1) is 13.7. The van der Waals surface area contributed by atoms with Crippen LogP contribution in [-0.2, 0) is 10.0 Å². The van der Waals surface area contributed by atoms with Gasteiger partial charge in [0.1, 0.15) is 10.6 Å². The molecule has 2 aromatic rings. The molecular formula is C19H24ClN3O5S. The van der Waals surface area contributed by atoms with E-state index in [-0.39, 0.29) is 26.9 Å². The van der Waals surface area contributed by atoms with Gasteiger partial charge in [0.05, 0.1) is 18.4 Å². The first kappa shape index (κ1) is 22.8. The third-order valence-corrected chi connectivity index (χ3v) is 5.86. The van der Waals surface area contributed by atoms with E-state index in [0.29, 0.717) is 18.9 Å². The average Bonchev–Trinajstić information content (AvgIpc) is 2.69. The average molecular weight is 442 g/mol. The molecule has 0 atom stereocenters. The molecule has 1 aromatic carbocycles. The van der Waals surface area contributed by atoms with Gasteiger partial charge in [-0.1, -0.05) is 24.9 Å². The minimum atomic E-state index is -4.12. The summed E-state index contributed by atoms with van der Waals surface area (Å²) >= 11 is 5.96. The van der Waals surface area contributed by atoms with Crippen molar-refractivity contribution < 1.29 is 23.1 Å². The van der Waals surface area contributed by atoms with Gasteiger partial charge < -0.3 is 14.7 Å². The number of carboxylic acid groups (broad SMARTS) is 1. The van der Waals surface area contributed by atoms with Crippen LogP contribution in [0.25, 0.3) is 0 Å². The Bertz CT molecular complexity index is 982. The number of carbonyl (C=O) groups is 1. The standard InChI is InChI=1S/C19H24ClN3O5S/c1-4-6-9-23(5-2)18-15(10-13(12-21-18)19(24)25)22-29(26,27)17-11-14(20)7-8-16(17)28-3/h7-8,10-12,22H,4-6,9H2,1-3H3,(H,24,25). The summed E-state index contributed by atoms with van der Waals surface area (Å²) < 4.78 is 33.7. The van der Waals surface area contributed by atoms with E-state index in [1.165, 1.54) is 37.6 Å². The highest BCUT2D eigenvalue weighted by molar-refractivity contribution is 7.92. The normalized spacial score (nSPS) is 11.2. The fraction of sp³-hybridized carbons (Fsp3) is 0.368. The highest BCUT2D eigenvalue weighted by atomic mass is 35.5. The number of aromatic carboxylic acids is 1. The Morgan fingerprint density at radius 2 is 2.03 bits per heavy atom. The maximum atomic E-state index is 13.0. The largest absolute Gasteiger partial charge is 0.495 e. The topological polar surface area (TPSA) is 109 Å². The van der Waals surface area contributed by atoms with Crippen LogP contribution in [-0.4, -0.2) is 44.7 Å². The van der Waals surface area contributed by atoms with Gasteiger partial charge in [-0.2, -0.15) is 0 Å². The quantitative estimate of drug-likeness (QED) is 0.576. The highest BCUT2D eigenvalue weighted by Gasteiger charge is 2.24. The van der Waals surface area contributed by atoms with Gasteiger partial charge in [0.15, 0.2) is 5.82 Å². The zero-order valence-electron chi connectivity index (χ0n) is 16.5. The molecular weight excluding hydrogens is 418 g/mol. The molecule has 158 valence electrons. The predicted molar refractivity (Wildman–Crippen MR) is 113 cm³/mol. The molecule has 0 bridgehead atoms. The number of halogens is 1. The summed E-state index contributed by atoms with van der Waals surface area (Å²) in [5.41, 5.74) is -0.0547. The zero-order chi connectivity index (χ0) is 21.6. The SMILES string of the molecule is CCCCN(CC)c1ncc(C(=O)O)cc1NS(=O)(=O)c1cc(Cl)ccc1OC. The predicted octanol–water partition coefficient (Wildman–Crippen LogP) is 3.87. The molecule has 0 unspecified atom stereocenters. The van der Waals surface area contributed by atoms with Crippen LogP contribution < -0.4 is 14.4 Å². The molecule has 0 saturated heterocycles. The molecule has 0 spiro atoms. The highest BCUT2D eigenvalue weighted by Crippen LogP contribution is 2.32. The molecule has 2 rings (SSSR count). The van der Waals surface area contributed by atoms with E-state index in [1.54, 1.807) is 0 Å². The van der Waals surface area contributed by atoms with Crippen LogP contribution in [0.3, 0.4) is 0 Å². The number of hydrogen-bond donors (Lipinski definition) is 2. The molecule has 1 aromatic heterocycles. The van der Waals surface area contributed by atoms with E-state index >= 15 is 0 Å². The number of hydrogen-bond acceptors (Lipinski definition) is 6. The minimum Gasteiger partial charge on any atom is -0.495 e. The van der Waals surface area contributed by atoms with Crippen molar-refractivity contribution in [2.75, 3.05) is 29.8 Å². The lowest BCUT2D eigenvalue weighted by Crippen LogP contribution is -2.27. The Morgan fingerprint density at radius 1 is 1.31 bits per heavy atom. The van der Waals surface area contributed by atoms with Crippen molar-refractivity contribution in [1.29, 1.82) is 0 Å². The number of nitrogens with one attached hydrogen (secondary N) is 1. The maximum absolute atomic E-state index is 13.0. The Labute approximate surface area is 175 Å². The van der Waals surface area contributed by atoms with Gasteiger partial charge in [0, 0.05) is 24.3 Å². The van der Waals surface area contributed by atoms with Gasteiger partial charge in [-0.3, -0.25) is 4.72 Å². The monoisotopic (exact) mass is 441 g/mol. The Morgan fingerprint density at radius 3 is 2.62 bits per heavy atom. The van der Waals surface area contributed by atoms with Crippen molar-refractivity contribution in [3.63, 3.8) is 0 Å². The third kappa shape index (κ3) is 5.51. The number of benzene rings is 1. The van der Waals surface area contributed by atoms with Gasteiger partial charge in [-0.25, -0.2) is 18.2 Å². The summed E-state index contributed by atoms with van der Waals surface area (Å²) in [6, 6.07) is 5.49. The van der Waals surface area contributed by atoms with E-state index in [9.17, 15) is 18.3 Å². The second-order valence-corrected chi connectivity index (χ2v) is 8.32. The van der Waals surface area contributed by atoms with E-state index in [4.69, 9.17) is 16.3 Å². The van der Waals surface area contributed by atoms with Gasteiger partial charge in [0.25, 0.3) is 10.0 Å². The maximum Gasteiger partial charge on any atom is 0.337 e. The summed E-state index contributed by atoms with van der Waals surface area (Å²) in [7, 11) is -2.77. The van der Waals surface area contributed by atoms with Crippen LogP contribution in [0, 0.1) is 0 Å². The van der Waals surface area contributed by atoms with Crippen LogP contribution in [0.5, 0.6) is 5.75 Å². The number of rotatable bonds is 10. The first-order valence-electron chi connectivity index (χ1n) is 9.08. The molecule has 29 heavy (non-hydrogen) atoms. The number of sulfonamides is 1. The van der Waals surface area contributed by atoms with Crippen molar-refractivity contribution in [3.05, 3.63) is 41.0 Å². The lowest BCUT2D eigenvalue weighted by Gasteiger charge is -2.25. The summed E-state index contributed by atoms with van der Waals surface area (Å²) in [5, 5.41) is 9.53. The summed E-state index contributed by atoms with van der Waals surface area (Å²) in [6.45, 7) is 5.20. The Balaban J connectivity index is 2.55. The molecule has 0 radical (unpaired) electrons. The molecule has 10 heteroatoms. The van der Waals surface area contributed by atoms with E-state index in [2.05, 4.69) is 9.71 Å². The molecule has 0 amide bonds. The summed E-state index contributed by atoms with van der Waals surface area (Å²) in [5.74, 6) is -0.735. The fourth-order valence-electron chi connectivity index (χ4n) is 2.72. The summed E-state index contributed by atoms with van der Waals surface area (Å²) in [6.07, 6.45) is 3.04. The van der Waals surface area contributed by atoms with Crippen LogP contribution >= 0.6 is 11.6 Å². The Hall–Kier alpha value is -2.52. The van der Waals surface area contributed by atoms with Crippen LogP contribution in [0.4, 0.5) is 11.5 Å². The van der Waals surface area contributed by atoms with E-state index in [1.807, 2.05) is 18.7 Å². The van der Waals surface area contributed by atoms with Crippen molar-refractivity contribution in [1.82, 2.24) is 4.98 Å². The lowest BCUT2D eigenvalue weighted by atomic mass is 10.2. The van der Waals surface area contributed by atoms with Crippen LogP contribution in [0.1, 0.15) is 37.0 Å². The lowest BCUT2D eigenvalue weighted by molar-refractivity contribution is 0.0696. The number of methoxy groups -OCH3 is 1. The summed E-state index contributed by atoms with van der Waals surface area (Å²) in [4.78, 5) is 17.3. The number of aromatic nitrogens is 1. The molecule has 0 aliphatic heterocycles. The molecule has 1 heterocycles. The number of pyridine rings is 1. The third-order valence-electron chi connectivity index (χ3n) is 4.24. The first-order valence-corrected chi connectivity index (χ1v) is 10.9. The van der Waals surface area contributed by atoms with Crippen LogP contribution in [0.2, 0.25) is 5.02 Å². The van der Waals surface area contributed by atoms with Crippen molar-refractivity contribution in [3.8, 4) is 5.75 Å². The number of nitrogens with zero attached hydrogens (tertiary/aromatic N) is 2. The zero-order valence-corrected chi connectivity index (χ0v) is 18.0. The smallest absolute Gasteiger partial charge is 0.337 e. The number of unbranched alkanes of at least 4 members (excludes halogenated alkanes) is 1. The fourth-order valence-corrected chi connectivity index (χ4v) is 4.21. The second-order valence-electron chi connectivity index (χ2n) is 6.23. The van der Waals surface area contributed by atoms with Gasteiger partial charge in [-0.15, -0.1) is 0 Å². The van der Waals surface area contributed by atoms with E-state index in [0.717, 1.165) is 12.8 Å². The van der Waals surface area contributed by atoms with Gasteiger partial charge in [-0.05, 0) is 37.6 Å². The molecule has 0 aliphatic rings. The number of anilines is 2. The van der Waals surface area contributed by atoms with Gasteiger partial charge in [0.2, 0.25) is 0 Å².